The van der Waals surface area contributed by atoms with E-state index in [2.05, 4.69) is 33.8 Å². The molecule has 0 atom stereocenters. The maximum atomic E-state index is 5.45. The van der Waals surface area contributed by atoms with Gasteiger partial charge in [-0.2, -0.15) is 5.10 Å². The largest absolute Gasteiger partial charge is 0.382 e. The van der Waals surface area contributed by atoms with Gasteiger partial charge in [0.1, 0.15) is 0 Å². The SMILES string of the molecule is CCNC(=NCCCOCCOC)NCCc1cnn(-c2ccccc2)c1. The number of aromatic nitrogens is 2. The summed E-state index contributed by atoms with van der Waals surface area (Å²) in [5.74, 6) is 0.838. The van der Waals surface area contributed by atoms with Crippen LogP contribution in [0, 0.1) is 0 Å². The molecule has 0 unspecified atom stereocenters. The van der Waals surface area contributed by atoms with Gasteiger partial charge in [-0.1, -0.05) is 18.2 Å². The molecule has 0 saturated heterocycles. The zero-order valence-corrected chi connectivity index (χ0v) is 16.4. The molecule has 7 nitrogen and oxygen atoms in total. The van der Waals surface area contributed by atoms with E-state index >= 15 is 0 Å². The van der Waals surface area contributed by atoms with Crippen LogP contribution in [0.15, 0.2) is 47.7 Å². The minimum absolute atomic E-state index is 0.633. The maximum Gasteiger partial charge on any atom is 0.191 e. The molecular formula is C20H31N5O2. The summed E-state index contributed by atoms with van der Waals surface area (Å²) in [7, 11) is 1.68. The van der Waals surface area contributed by atoms with E-state index in [1.54, 1.807) is 7.11 Å². The van der Waals surface area contributed by atoms with E-state index in [0.717, 1.165) is 44.1 Å². The topological polar surface area (TPSA) is 72.7 Å². The molecule has 0 radical (unpaired) electrons. The van der Waals surface area contributed by atoms with Crippen LogP contribution in [-0.2, 0) is 15.9 Å². The van der Waals surface area contributed by atoms with Crippen LogP contribution < -0.4 is 10.6 Å². The van der Waals surface area contributed by atoms with Gasteiger partial charge in [0, 0.05) is 39.5 Å². The molecule has 0 aliphatic rings. The number of aliphatic imine (C=N–C) groups is 1. The average molecular weight is 374 g/mol. The van der Waals surface area contributed by atoms with Gasteiger partial charge in [0.2, 0.25) is 0 Å². The second-order valence-electron chi connectivity index (χ2n) is 6.02. The number of hydrogen-bond acceptors (Lipinski definition) is 4. The van der Waals surface area contributed by atoms with Crippen molar-refractivity contribution in [1.29, 1.82) is 0 Å². The number of benzene rings is 1. The fourth-order valence-electron chi connectivity index (χ4n) is 2.48. The first-order chi connectivity index (χ1) is 13.3. The summed E-state index contributed by atoms with van der Waals surface area (Å²) in [6.45, 7) is 6.40. The van der Waals surface area contributed by atoms with Crippen LogP contribution in [0.25, 0.3) is 5.69 Å². The molecule has 1 heterocycles. The van der Waals surface area contributed by atoms with Gasteiger partial charge in [0.25, 0.3) is 0 Å². The quantitative estimate of drug-likeness (QED) is 0.338. The van der Waals surface area contributed by atoms with Gasteiger partial charge in [-0.15, -0.1) is 0 Å². The lowest BCUT2D eigenvalue weighted by molar-refractivity contribution is 0.0702. The van der Waals surface area contributed by atoms with Crippen LogP contribution >= 0.6 is 0 Å². The first-order valence-electron chi connectivity index (χ1n) is 9.51. The highest BCUT2D eigenvalue weighted by Crippen LogP contribution is 2.07. The van der Waals surface area contributed by atoms with Crippen LogP contribution in [0.2, 0.25) is 0 Å². The minimum Gasteiger partial charge on any atom is -0.382 e. The van der Waals surface area contributed by atoms with Crippen molar-refractivity contribution >= 4 is 5.96 Å². The number of ether oxygens (including phenoxy) is 2. The molecule has 27 heavy (non-hydrogen) atoms. The number of methoxy groups -OCH3 is 1. The summed E-state index contributed by atoms with van der Waals surface area (Å²) in [6, 6.07) is 10.1. The molecule has 0 spiro atoms. The molecule has 1 aromatic carbocycles. The zero-order chi connectivity index (χ0) is 19.2. The highest BCUT2D eigenvalue weighted by molar-refractivity contribution is 5.79. The Morgan fingerprint density at radius 3 is 2.78 bits per heavy atom. The number of para-hydroxylation sites is 1. The van der Waals surface area contributed by atoms with Gasteiger partial charge in [0.05, 0.1) is 25.1 Å². The molecule has 0 aliphatic heterocycles. The molecule has 0 aliphatic carbocycles. The number of nitrogens with zero attached hydrogens (tertiary/aromatic N) is 3. The number of rotatable bonds is 12. The summed E-state index contributed by atoms with van der Waals surface area (Å²) < 4.78 is 12.3. The van der Waals surface area contributed by atoms with Crippen molar-refractivity contribution in [3.8, 4) is 5.69 Å². The third-order valence-corrected chi connectivity index (χ3v) is 3.86. The van der Waals surface area contributed by atoms with E-state index in [1.165, 1.54) is 5.56 Å². The predicted octanol–water partition coefficient (Wildman–Crippen LogP) is 2.02. The van der Waals surface area contributed by atoms with Crippen molar-refractivity contribution in [2.75, 3.05) is 46.6 Å². The van der Waals surface area contributed by atoms with E-state index in [0.29, 0.717) is 19.8 Å². The molecule has 0 saturated carbocycles. The first kappa shape index (κ1) is 20.9. The molecule has 2 N–H and O–H groups in total. The second kappa shape index (κ2) is 12.9. The molecule has 1 aromatic heterocycles. The van der Waals surface area contributed by atoms with Gasteiger partial charge in [0.15, 0.2) is 5.96 Å². The summed E-state index contributed by atoms with van der Waals surface area (Å²) in [6.07, 6.45) is 5.76. The number of hydrogen-bond donors (Lipinski definition) is 2. The highest BCUT2D eigenvalue weighted by atomic mass is 16.5. The smallest absolute Gasteiger partial charge is 0.191 e. The third-order valence-electron chi connectivity index (χ3n) is 3.86. The fraction of sp³-hybridized carbons (Fsp3) is 0.500. The molecule has 7 heteroatoms. The van der Waals surface area contributed by atoms with E-state index in [1.807, 2.05) is 41.2 Å². The molecular weight excluding hydrogens is 342 g/mol. The Balaban J connectivity index is 1.71. The zero-order valence-electron chi connectivity index (χ0n) is 16.4. The van der Waals surface area contributed by atoms with E-state index in [9.17, 15) is 0 Å². The van der Waals surface area contributed by atoms with Crippen LogP contribution in [0.4, 0.5) is 0 Å². The Kier molecular flexibility index (Phi) is 9.99. The summed E-state index contributed by atoms with van der Waals surface area (Å²) >= 11 is 0. The van der Waals surface area contributed by atoms with Crippen molar-refractivity contribution in [1.82, 2.24) is 20.4 Å². The van der Waals surface area contributed by atoms with Crippen LogP contribution in [-0.4, -0.2) is 62.3 Å². The van der Waals surface area contributed by atoms with Crippen LogP contribution in [0.3, 0.4) is 0 Å². The Morgan fingerprint density at radius 2 is 2.00 bits per heavy atom. The van der Waals surface area contributed by atoms with Crippen molar-refractivity contribution in [3.63, 3.8) is 0 Å². The Morgan fingerprint density at radius 1 is 1.15 bits per heavy atom. The molecule has 2 aromatic rings. The second-order valence-corrected chi connectivity index (χ2v) is 6.02. The van der Waals surface area contributed by atoms with Crippen LogP contribution in [0.5, 0.6) is 0 Å². The molecule has 0 bridgehead atoms. The fourth-order valence-corrected chi connectivity index (χ4v) is 2.48. The normalized spacial score (nSPS) is 11.6. The van der Waals surface area contributed by atoms with E-state index in [-0.39, 0.29) is 0 Å². The van der Waals surface area contributed by atoms with Crippen molar-refractivity contribution < 1.29 is 9.47 Å². The molecule has 148 valence electrons. The average Bonchev–Trinajstić information content (AvgIpc) is 3.17. The lowest BCUT2D eigenvalue weighted by Crippen LogP contribution is -2.38. The van der Waals surface area contributed by atoms with Crippen molar-refractivity contribution in [3.05, 3.63) is 48.3 Å². The molecule has 0 fully saturated rings. The van der Waals surface area contributed by atoms with Crippen LogP contribution in [0.1, 0.15) is 18.9 Å². The number of guanidine groups is 1. The standard InChI is InChI=1S/C20H31N5O2/c1-3-21-20(22-11-7-13-27-15-14-26-2)23-12-10-18-16-24-25(17-18)19-8-5-4-6-9-19/h4-6,8-9,16-17H,3,7,10-15H2,1-2H3,(H2,21,22,23). The summed E-state index contributed by atoms with van der Waals surface area (Å²) in [5, 5.41) is 11.1. The monoisotopic (exact) mass is 373 g/mol. The Labute approximate surface area is 161 Å². The molecule has 0 amide bonds. The molecule has 2 rings (SSSR count). The van der Waals surface area contributed by atoms with Gasteiger partial charge in [-0.05, 0) is 37.5 Å². The third kappa shape index (κ3) is 8.23. The first-order valence-corrected chi connectivity index (χ1v) is 9.51. The Bertz CT molecular complexity index is 657. The summed E-state index contributed by atoms with van der Waals surface area (Å²) in [4.78, 5) is 4.58. The van der Waals surface area contributed by atoms with E-state index in [4.69, 9.17) is 9.47 Å². The van der Waals surface area contributed by atoms with Gasteiger partial charge in [-0.3, -0.25) is 4.99 Å². The van der Waals surface area contributed by atoms with Gasteiger partial charge >= 0.3 is 0 Å². The number of nitrogens with one attached hydrogen (secondary N) is 2. The lowest BCUT2D eigenvalue weighted by atomic mass is 10.2. The Hall–Kier alpha value is -2.38. The van der Waals surface area contributed by atoms with Crippen molar-refractivity contribution in [2.24, 2.45) is 4.99 Å². The predicted molar refractivity (Wildman–Crippen MR) is 109 cm³/mol. The maximum absolute atomic E-state index is 5.45. The van der Waals surface area contributed by atoms with Gasteiger partial charge in [-0.25, -0.2) is 4.68 Å². The lowest BCUT2D eigenvalue weighted by Gasteiger charge is -2.10. The van der Waals surface area contributed by atoms with Gasteiger partial charge < -0.3 is 20.1 Å². The minimum atomic E-state index is 0.633. The summed E-state index contributed by atoms with van der Waals surface area (Å²) in [5.41, 5.74) is 2.26. The van der Waals surface area contributed by atoms with Crippen molar-refractivity contribution in [2.45, 2.75) is 19.8 Å². The van der Waals surface area contributed by atoms with E-state index < -0.39 is 0 Å². The highest BCUT2D eigenvalue weighted by Gasteiger charge is 2.02.